The lowest BCUT2D eigenvalue weighted by atomic mass is 10.0. The molecule has 1 aliphatic rings. The van der Waals surface area contributed by atoms with E-state index in [1.165, 1.54) is 18.2 Å². The number of carbonyl (C=O) groups is 3. The first kappa shape index (κ1) is 23.5. The van der Waals surface area contributed by atoms with E-state index in [1.54, 1.807) is 9.80 Å². The van der Waals surface area contributed by atoms with Crippen LogP contribution in [0, 0.1) is 11.3 Å². The molecule has 1 heterocycles. The van der Waals surface area contributed by atoms with Crippen molar-refractivity contribution in [3.05, 3.63) is 29.3 Å². The largest absolute Gasteiger partial charge is 0.444 e. The first-order chi connectivity index (χ1) is 13.9. The number of carbonyl (C=O) groups excluding carboxylic acids is 3. The third-order valence-corrected chi connectivity index (χ3v) is 4.77. The van der Waals surface area contributed by atoms with Crippen molar-refractivity contribution in [2.24, 2.45) is 0 Å². The molecular formula is C21H27ClN4O4. The molecule has 9 heteroatoms. The van der Waals surface area contributed by atoms with Gasteiger partial charge < -0.3 is 15.0 Å². The van der Waals surface area contributed by atoms with Gasteiger partial charge in [-0.2, -0.15) is 5.26 Å². The molecule has 1 aromatic rings. The van der Waals surface area contributed by atoms with Gasteiger partial charge in [-0.3, -0.25) is 14.5 Å². The molecule has 3 amide bonds. The molecule has 1 aromatic carbocycles. The number of ether oxygens (including phenoxy) is 1. The summed E-state index contributed by atoms with van der Waals surface area (Å²) in [7, 11) is 0. The van der Waals surface area contributed by atoms with Gasteiger partial charge in [-0.05, 0) is 52.8 Å². The van der Waals surface area contributed by atoms with Gasteiger partial charge in [0.1, 0.15) is 11.5 Å². The topological polar surface area (TPSA) is 103 Å². The minimum atomic E-state index is -0.606. The van der Waals surface area contributed by atoms with Gasteiger partial charge in [-0.15, -0.1) is 11.6 Å². The molecule has 0 radical (unpaired) electrons. The average Bonchev–Trinajstić information content (AvgIpc) is 2.64. The quantitative estimate of drug-likeness (QED) is 0.736. The van der Waals surface area contributed by atoms with Crippen molar-refractivity contribution in [3.63, 3.8) is 0 Å². The normalized spacial score (nSPS) is 19.1. The van der Waals surface area contributed by atoms with Gasteiger partial charge in [0, 0.05) is 24.3 Å². The molecule has 1 fully saturated rings. The van der Waals surface area contributed by atoms with Crippen molar-refractivity contribution in [1.29, 1.82) is 5.26 Å². The molecule has 30 heavy (non-hydrogen) atoms. The van der Waals surface area contributed by atoms with E-state index in [4.69, 9.17) is 16.3 Å². The summed E-state index contributed by atoms with van der Waals surface area (Å²) in [6.45, 7) is 9.79. The first-order valence-electron chi connectivity index (χ1n) is 9.66. The Morgan fingerprint density at radius 2 is 1.80 bits per heavy atom. The standard InChI is InChI=1S/C21H27ClN4O4/c1-13-11-25(12-14(2)26(13)20(29)30-21(3,4)5)19(28)16-6-15(10-23)7-17(8-16)24-18(27)9-22/h6-8,13-14H,9,11-12H2,1-5H3,(H,24,27)/t13-,14+. The third kappa shape index (κ3) is 5.86. The molecule has 8 nitrogen and oxygen atoms in total. The summed E-state index contributed by atoms with van der Waals surface area (Å²) in [6.07, 6.45) is -0.410. The van der Waals surface area contributed by atoms with Gasteiger partial charge in [0.2, 0.25) is 5.91 Å². The number of benzene rings is 1. The van der Waals surface area contributed by atoms with Gasteiger partial charge in [0.15, 0.2) is 0 Å². The molecule has 2 atom stereocenters. The Balaban J connectivity index is 2.21. The lowest BCUT2D eigenvalue weighted by Gasteiger charge is -2.44. The summed E-state index contributed by atoms with van der Waals surface area (Å²) in [6, 6.07) is 5.97. The lowest BCUT2D eigenvalue weighted by molar-refractivity contribution is -0.113. The van der Waals surface area contributed by atoms with E-state index in [1.807, 2.05) is 40.7 Å². The minimum Gasteiger partial charge on any atom is -0.444 e. The zero-order chi connectivity index (χ0) is 22.6. The Bertz CT molecular complexity index is 863. The highest BCUT2D eigenvalue weighted by molar-refractivity contribution is 6.29. The summed E-state index contributed by atoms with van der Waals surface area (Å²) in [5.41, 5.74) is 0.255. The number of hydrogen-bond donors (Lipinski definition) is 1. The average molecular weight is 435 g/mol. The van der Waals surface area contributed by atoms with Crippen molar-refractivity contribution in [2.75, 3.05) is 24.3 Å². The Hall–Kier alpha value is -2.79. The van der Waals surface area contributed by atoms with Crippen LogP contribution < -0.4 is 5.32 Å². The van der Waals surface area contributed by atoms with E-state index in [0.717, 1.165) is 0 Å². The SMILES string of the molecule is C[C@@H]1CN(C(=O)c2cc(C#N)cc(NC(=O)CCl)c2)C[C@H](C)N1C(=O)OC(C)(C)C. The smallest absolute Gasteiger partial charge is 0.410 e. The van der Waals surface area contributed by atoms with Crippen molar-refractivity contribution >= 4 is 35.2 Å². The molecule has 1 aliphatic heterocycles. The number of rotatable bonds is 3. The minimum absolute atomic E-state index is 0.234. The predicted molar refractivity (Wildman–Crippen MR) is 113 cm³/mol. The van der Waals surface area contributed by atoms with Crippen LogP contribution >= 0.6 is 11.6 Å². The maximum Gasteiger partial charge on any atom is 0.410 e. The maximum atomic E-state index is 13.1. The summed E-state index contributed by atoms with van der Waals surface area (Å²) < 4.78 is 5.49. The number of halogens is 1. The van der Waals surface area contributed by atoms with Crippen LogP contribution in [0.15, 0.2) is 18.2 Å². The van der Waals surface area contributed by atoms with E-state index in [0.29, 0.717) is 18.8 Å². The highest BCUT2D eigenvalue weighted by Gasteiger charge is 2.37. The number of nitrogens with zero attached hydrogens (tertiary/aromatic N) is 3. The molecule has 0 aromatic heterocycles. The number of amides is 3. The first-order valence-corrected chi connectivity index (χ1v) is 10.2. The molecule has 1 saturated heterocycles. The summed E-state index contributed by atoms with van der Waals surface area (Å²) in [5, 5.41) is 11.8. The van der Waals surface area contributed by atoms with Crippen molar-refractivity contribution in [3.8, 4) is 6.07 Å². The predicted octanol–water partition coefficient (Wildman–Crippen LogP) is 3.21. The molecular weight excluding hydrogens is 408 g/mol. The van der Waals surface area contributed by atoms with Gasteiger partial charge in [0.25, 0.3) is 5.91 Å². The van der Waals surface area contributed by atoms with Crippen molar-refractivity contribution in [1.82, 2.24) is 9.80 Å². The Labute approximate surface area is 181 Å². The number of nitriles is 1. The molecule has 1 N–H and O–H groups in total. The third-order valence-electron chi connectivity index (χ3n) is 4.52. The van der Waals surface area contributed by atoms with Crippen LogP contribution in [0.5, 0.6) is 0 Å². The number of alkyl halides is 1. The van der Waals surface area contributed by atoms with Crippen LogP contribution in [0.1, 0.15) is 50.5 Å². The van der Waals surface area contributed by atoms with Crippen molar-refractivity contribution < 1.29 is 19.1 Å². The zero-order valence-corrected chi connectivity index (χ0v) is 18.6. The highest BCUT2D eigenvalue weighted by Crippen LogP contribution is 2.23. The molecule has 0 unspecified atom stereocenters. The Kier molecular flexibility index (Phi) is 7.32. The number of piperazine rings is 1. The van der Waals surface area contributed by atoms with Crippen molar-refractivity contribution in [2.45, 2.75) is 52.3 Å². The Morgan fingerprint density at radius 3 is 2.30 bits per heavy atom. The van der Waals surface area contributed by atoms with Crippen LogP contribution in [0.4, 0.5) is 10.5 Å². The molecule has 0 aliphatic carbocycles. The second-order valence-electron chi connectivity index (χ2n) is 8.39. The van der Waals surface area contributed by atoms with E-state index in [2.05, 4.69) is 5.32 Å². The second kappa shape index (κ2) is 9.35. The fourth-order valence-electron chi connectivity index (χ4n) is 3.43. The van der Waals surface area contributed by atoms with Gasteiger partial charge in [-0.1, -0.05) is 0 Å². The monoisotopic (exact) mass is 434 g/mol. The van der Waals surface area contributed by atoms with Gasteiger partial charge in [-0.25, -0.2) is 4.79 Å². The number of nitrogens with one attached hydrogen (secondary N) is 1. The van der Waals surface area contributed by atoms with E-state index in [9.17, 15) is 19.6 Å². The number of anilines is 1. The number of hydrogen-bond acceptors (Lipinski definition) is 5. The van der Waals surface area contributed by atoms with E-state index >= 15 is 0 Å². The highest BCUT2D eigenvalue weighted by atomic mass is 35.5. The van der Waals surface area contributed by atoms with Crippen LogP contribution in [0.3, 0.4) is 0 Å². The van der Waals surface area contributed by atoms with Gasteiger partial charge >= 0.3 is 6.09 Å². The fraction of sp³-hybridized carbons (Fsp3) is 0.524. The molecule has 0 saturated carbocycles. The zero-order valence-electron chi connectivity index (χ0n) is 17.9. The molecule has 2 rings (SSSR count). The van der Waals surface area contributed by atoms with E-state index < -0.39 is 17.6 Å². The molecule has 162 valence electrons. The van der Waals surface area contributed by atoms with E-state index in [-0.39, 0.29) is 35.0 Å². The van der Waals surface area contributed by atoms with Crippen LogP contribution in [-0.4, -0.2) is 64.4 Å². The van der Waals surface area contributed by atoms with Crippen LogP contribution in [-0.2, 0) is 9.53 Å². The van der Waals surface area contributed by atoms with Gasteiger partial charge in [0.05, 0.1) is 23.7 Å². The Morgan fingerprint density at radius 1 is 1.20 bits per heavy atom. The summed E-state index contributed by atoms with van der Waals surface area (Å²) >= 11 is 5.52. The summed E-state index contributed by atoms with van der Waals surface area (Å²) in [4.78, 5) is 40.5. The van der Waals surface area contributed by atoms with Crippen LogP contribution in [0.25, 0.3) is 0 Å². The molecule has 0 bridgehead atoms. The lowest BCUT2D eigenvalue weighted by Crippen LogP contribution is -2.60. The second-order valence-corrected chi connectivity index (χ2v) is 8.66. The summed E-state index contributed by atoms with van der Waals surface area (Å²) in [5.74, 6) is -0.948. The maximum absolute atomic E-state index is 13.1. The molecule has 0 spiro atoms. The van der Waals surface area contributed by atoms with Crippen LogP contribution in [0.2, 0.25) is 0 Å². The fourth-order valence-corrected chi connectivity index (χ4v) is 3.49.